The summed E-state index contributed by atoms with van der Waals surface area (Å²) in [7, 11) is -3.69. The number of hydrogen-bond donors (Lipinski definition) is 1. The molecule has 1 rings (SSSR count). The van der Waals surface area contributed by atoms with Gasteiger partial charge in [0.2, 0.25) is 10.0 Å². The Morgan fingerprint density at radius 1 is 1.32 bits per heavy atom. The first-order valence-corrected chi connectivity index (χ1v) is 9.47. The molecule has 0 heterocycles. The lowest BCUT2D eigenvalue weighted by Gasteiger charge is -2.11. The van der Waals surface area contributed by atoms with Crippen molar-refractivity contribution in [3.8, 4) is 0 Å². The summed E-state index contributed by atoms with van der Waals surface area (Å²) in [5, 5.41) is 0.196. The van der Waals surface area contributed by atoms with Gasteiger partial charge in [-0.1, -0.05) is 62.0 Å². The second kappa shape index (κ2) is 7.61. The maximum atomic E-state index is 12.1. The molecule has 0 aliphatic heterocycles. The first-order chi connectivity index (χ1) is 8.74. The minimum absolute atomic E-state index is 0.0778. The number of alkyl halides is 1. The summed E-state index contributed by atoms with van der Waals surface area (Å²) in [6.07, 6.45) is 1.61. The van der Waals surface area contributed by atoms with E-state index in [0.29, 0.717) is 15.8 Å². The predicted molar refractivity (Wildman–Crippen MR) is 87.0 cm³/mol. The van der Waals surface area contributed by atoms with E-state index in [9.17, 15) is 8.42 Å². The van der Waals surface area contributed by atoms with Gasteiger partial charge in [0.25, 0.3) is 0 Å². The number of halogens is 4. The number of hydrogen-bond acceptors (Lipinski definition) is 2. The summed E-state index contributed by atoms with van der Waals surface area (Å²) in [5.74, 6) is 0. The molecular weight excluding hydrogens is 441 g/mol. The van der Waals surface area contributed by atoms with Crippen LogP contribution in [0, 0.1) is 0 Å². The highest BCUT2D eigenvalue weighted by molar-refractivity contribution is 9.10. The smallest absolute Gasteiger partial charge is 0.211 e. The molecule has 8 heteroatoms. The molecule has 3 nitrogen and oxygen atoms in total. The van der Waals surface area contributed by atoms with Crippen LogP contribution < -0.4 is 4.72 Å². The van der Waals surface area contributed by atoms with E-state index in [1.165, 1.54) is 12.1 Å². The zero-order chi connectivity index (χ0) is 14.6. The summed E-state index contributed by atoms with van der Waals surface area (Å²) in [6, 6.07) is 3.01. The van der Waals surface area contributed by atoms with Gasteiger partial charge >= 0.3 is 0 Å². The van der Waals surface area contributed by atoms with E-state index in [1.54, 1.807) is 0 Å². The van der Waals surface area contributed by atoms with E-state index >= 15 is 0 Å². The molecule has 0 amide bonds. The Morgan fingerprint density at radius 2 is 1.84 bits per heavy atom. The molecule has 0 spiro atoms. The Hall–Kier alpha value is 0.670. The third-order valence-electron chi connectivity index (χ3n) is 2.30. The third kappa shape index (κ3) is 5.52. The first-order valence-electron chi connectivity index (χ1n) is 5.52. The van der Waals surface area contributed by atoms with E-state index in [4.69, 9.17) is 23.2 Å². The maximum Gasteiger partial charge on any atom is 0.243 e. The summed E-state index contributed by atoms with van der Waals surface area (Å²) >= 11 is 18.5. The molecule has 0 saturated carbocycles. The van der Waals surface area contributed by atoms with Crippen LogP contribution in [-0.2, 0) is 10.0 Å². The summed E-state index contributed by atoms with van der Waals surface area (Å²) in [4.78, 5) is 0.280. The maximum absolute atomic E-state index is 12.1. The van der Waals surface area contributed by atoms with E-state index in [1.807, 2.05) is 6.92 Å². The Morgan fingerprint density at radius 3 is 2.32 bits per heavy atom. The lowest BCUT2D eigenvalue weighted by atomic mass is 10.2. The summed E-state index contributed by atoms with van der Waals surface area (Å²) < 4.78 is 27.4. The fraction of sp³-hybridized carbons (Fsp3) is 0.455. The number of benzene rings is 1. The van der Waals surface area contributed by atoms with Crippen LogP contribution in [-0.4, -0.2) is 19.8 Å². The number of sulfonamides is 1. The fourth-order valence-electron chi connectivity index (χ4n) is 1.45. The highest BCUT2D eigenvalue weighted by Crippen LogP contribution is 2.32. The van der Waals surface area contributed by atoms with Crippen LogP contribution in [0.3, 0.4) is 0 Å². The molecular formula is C11H13Br2Cl2NO2S. The molecule has 1 aromatic rings. The van der Waals surface area contributed by atoms with Gasteiger partial charge in [0, 0.05) is 15.8 Å². The zero-order valence-electron chi connectivity index (χ0n) is 10.1. The van der Waals surface area contributed by atoms with Crippen LogP contribution in [0.1, 0.15) is 19.8 Å². The molecule has 1 N–H and O–H groups in total. The molecule has 0 aliphatic rings. The first kappa shape index (κ1) is 17.7. The van der Waals surface area contributed by atoms with Gasteiger partial charge in [0.1, 0.15) is 4.90 Å². The van der Waals surface area contributed by atoms with Crippen molar-refractivity contribution in [3.05, 3.63) is 26.7 Å². The van der Waals surface area contributed by atoms with Crippen molar-refractivity contribution in [1.29, 1.82) is 0 Å². The molecule has 1 atom stereocenters. The Labute approximate surface area is 140 Å². The van der Waals surface area contributed by atoms with Gasteiger partial charge in [-0.15, -0.1) is 0 Å². The molecule has 0 aromatic heterocycles. The third-order valence-corrected chi connectivity index (χ3v) is 5.60. The zero-order valence-corrected chi connectivity index (χ0v) is 15.6. The fourth-order valence-corrected chi connectivity index (χ4v) is 4.78. The second-order valence-corrected chi connectivity index (χ2v) is 9.02. The lowest BCUT2D eigenvalue weighted by Crippen LogP contribution is -2.25. The van der Waals surface area contributed by atoms with Gasteiger partial charge in [-0.25, -0.2) is 13.1 Å². The second-order valence-electron chi connectivity index (χ2n) is 4.02. The van der Waals surface area contributed by atoms with Crippen molar-refractivity contribution in [2.24, 2.45) is 0 Å². The van der Waals surface area contributed by atoms with Crippen LogP contribution in [0.25, 0.3) is 0 Å². The van der Waals surface area contributed by atoms with Crippen LogP contribution in [0.2, 0.25) is 10.0 Å². The van der Waals surface area contributed by atoms with Gasteiger partial charge in [-0.3, -0.25) is 0 Å². The van der Waals surface area contributed by atoms with Gasteiger partial charge in [-0.05, 0) is 25.0 Å². The molecule has 19 heavy (non-hydrogen) atoms. The highest BCUT2D eigenvalue weighted by Gasteiger charge is 2.21. The molecule has 0 saturated heterocycles. The van der Waals surface area contributed by atoms with Crippen LogP contribution in [0.15, 0.2) is 21.5 Å². The Kier molecular flexibility index (Phi) is 7.10. The normalized spacial score (nSPS) is 13.5. The molecule has 1 unspecified atom stereocenters. The van der Waals surface area contributed by atoms with Gasteiger partial charge in [-0.2, -0.15) is 0 Å². The molecule has 0 bridgehead atoms. The predicted octanol–water partition coefficient (Wildman–Crippen LogP) is 4.60. The monoisotopic (exact) mass is 451 g/mol. The van der Waals surface area contributed by atoms with Crippen LogP contribution in [0.4, 0.5) is 0 Å². The van der Waals surface area contributed by atoms with Crippen molar-refractivity contribution in [2.75, 3.05) is 6.54 Å². The molecule has 0 aliphatic carbocycles. The average molecular weight is 454 g/mol. The number of nitrogens with one attached hydrogen (secondary N) is 1. The summed E-state index contributed by atoms with van der Waals surface area (Å²) in [6.45, 7) is 2.36. The molecule has 0 radical (unpaired) electrons. The van der Waals surface area contributed by atoms with Gasteiger partial charge < -0.3 is 0 Å². The van der Waals surface area contributed by atoms with Crippen LogP contribution >= 0.6 is 55.1 Å². The standard InChI is InChI=1S/C11H13Br2Cl2NO2S/c1-7(12)3-2-4-16-19(17,18)11-9(14)5-8(13)6-10(11)15/h5-7,16H,2-4H2,1H3. The topological polar surface area (TPSA) is 46.2 Å². The van der Waals surface area contributed by atoms with Crippen LogP contribution in [0.5, 0.6) is 0 Å². The Balaban J connectivity index is 2.84. The SMILES string of the molecule is CC(Br)CCCNS(=O)(=O)c1c(Cl)cc(Br)cc1Cl. The van der Waals surface area contributed by atoms with E-state index in [0.717, 1.165) is 12.8 Å². The minimum Gasteiger partial charge on any atom is -0.211 e. The van der Waals surface area contributed by atoms with E-state index in [-0.39, 0.29) is 14.9 Å². The summed E-state index contributed by atoms with van der Waals surface area (Å²) in [5.41, 5.74) is 0. The van der Waals surface area contributed by atoms with Gasteiger partial charge in [0.05, 0.1) is 10.0 Å². The quantitative estimate of drug-likeness (QED) is 0.505. The van der Waals surface area contributed by atoms with Crippen molar-refractivity contribution >= 4 is 65.1 Å². The molecule has 1 aromatic carbocycles. The van der Waals surface area contributed by atoms with Crippen molar-refractivity contribution < 1.29 is 8.42 Å². The van der Waals surface area contributed by atoms with Crippen molar-refractivity contribution in [2.45, 2.75) is 29.5 Å². The Bertz CT molecular complexity index is 527. The lowest BCUT2D eigenvalue weighted by molar-refractivity contribution is 0.577. The molecule has 108 valence electrons. The van der Waals surface area contributed by atoms with Crippen molar-refractivity contribution in [3.63, 3.8) is 0 Å². The van der Waals surface area contributed by atoms with Gasteiger partial charge in [0.15, 0.2) is 0 Å². The average Bonchev–Trinajstić information content (AvgIpc) is 2.22. The van der Waals surface area contributed by atoms with E-state index in [2.05, 4.69) is 36.6 Å². The minimum atomic E-state index is -3.69. The van der Waals surface area contributed by atoms with Crippen molar-refractivity contribution in [1.82, 2.24) is 4.72 Å². The largest absolute Gasteiger partial charge is 0.243 e. The highest BCUT2D eigenvalue weighted by atomic mass is 79.9. The number of rotatable bonds is 6. The molecule has 0 fully saturated rings. The van der Waals surface area contributed by atoms with E-state index < -0.39 is 10.0 Å².